The molecule has 0 N–H and O–H groups in total. The summed E-state index contributed by atoms with van der Waals surface area (Å²) in [5.41, 5.74) is 2.38. The maximum atomic E-state index is 13.8. The van der Waals surface area contributed by atoms with Gasteiger partial charge in [0.1, 0.15) is 11.6 Å². The molecule has 5 nitrogen and oxygen atoms in total. The van der Waals surface area contributed by atoms with Crippen molar-refractivity contribution in [1.29, 1.82) is 0 Å². The van der Waals surface area contributed by atoms with Crippen LogP contribution in [0.5, 0.6) is 0 Å². The van der Waals surface area contributed by atoms with Gasteiger partial charge in [0.25, 0.3) is 5.91 Å². The lowest BCUT2D eigenvalue weighted by Crippen LogP contribution is -2.30. The van der Waals surface area contributed by atoms with Crippen LogP contribution in [0.25, 0.3) is 22.2 Å². The van der Waals surface area contributed by atoms with Gasteiger partial charge in [0.2, 0.25) is 0 Å². The number of carbonyl (C=O) groups is 1. The Hall–Kier alpha value is -2.89. The van der Waals surface area contributed by atoms with Crippen LogP contribution < -0.4 is 0 Å². The van der Waals surface area contributed by atoms with Crippen LogP contribution in [0.3, 0.4) is 0 Å². The van der Waals surface area contributed by atoms with E-state index in [-0.39, 0.29) is 17.1 Å². The molecule has 0 atom stereocenters. The van der Waals surface area contributed by atoms with Crippen molar-refractivity contribution in [1.82, 2.24) is 19.9 Å². The van der Waals surface area contributed by atoms with E-state index in [1.807, 2.05) is 11.8 Å². The number of fused-ring (bicyclic) bond motifs is 1. The molecule has 1 aliphatic heterocycles. The highest BCUT2D eigenvalue weighted by Crippen LogP contribution is 2.32. The van der Waals surface area contributed by atoms with Gasteiger partial charge in [-0.15, -0.1) is 0 Å². The number of nitrogens with zero attached hydrogens (tertiary/aromatic N) is 4. The molecule has 0 unspecified atom stereocenters. The van der Waals surface area contributed by atoms with Gasteiger partial charge in [-0.1, -0.05) is 20.8 Å². The van der Waals surface area contributed by atoms with E-state index >= 15 is 0 Å². The summed E-state index contributed by atoms with van der Waals surface area (Å²) in [5.74, 6) is 0.318. The Morgan fingerprint density at radius 3 is 2.61 bits per heavy atom. The Morgan fingerprint density at radius 2 is 1.96 bits per heavy atom. The Labute approximate surface area is 163 Å². The fraction of sp³-hybridized carbons (Fsp3) is 0.364. The number of amides is 1. The SMILES string of the molecule is CCc1ncc(-c2cc(C(=O)N3CCC(C)(C)C3)c3ccc(F)cc3n2)cn1. The molecule has 0 saturated carbocycles. The largest absolute Gasteiger partial charge is 0.338 e. The van der Waals surface area contributed by atoms with Crippen molar-refractivity contribution < 1.29 is 9.18 Å². The van der Waals surface area contributed by atoms with Crippen molar-refractivity contribution in [2.45, 2.75) is 33.6 Å². The van der Waals surface area contributed by atoms with E-state index < -0.39 is 0 Å². The maximum absolute atomic E-state index is 13.8. The summed E-state index contributed by atoms with van der Waals surface area (Å²) in [4.78, 5) is 28.4. The average molecular weight is 378 g/mol. The van der Waals surface area contributed by atoms with Crippen LogP contribution in [0.4, 0.5) is 4.39 Å². The number of aryl methyl sites for hydroxylation is 1. The lowest BCUT2D eigenvalue weighted by Gasteiger charge is -2.21. The molecule has 1 saturated heterocycles. The number of hydrogen-bond donors (Lipinski definition) is 0. The first-order valence-corrected chi connectivity index (χ1v) is 9.57. The van der Waals surface area contributed by atoms with Gasteiger partial charge >= 0.3 is 0 Å². The lowest BCUT2D eigenvalue weighted by molar-refractivity contribution is 0.0780. The first-order chi connectivity index (χ1) is 13.4. The predicted molar refractivity (Wildman–Crippen MR) is 106 cm³/mol. The molecule has 6 heteroatoms. The lowest BCUT2D eigenvalue weighted by atomic mass is 9.93. The van der Waals surface area contributed by atoms with Crippen LogP contribution in [0.1, 0.15) is 43.4 Å². The van der Waals surface area contributed by atoms with Crippen molar-refractivity contribution in [3.05, 3.63) is 53.9 Å². The van der Waals surface area contributed by atoms with Crippen molar-refractivity contribution >= 4 is 16.8 Å². The molecule has 4 rings (SSSR count). The maximum Gasteiger partial charge on any atom is 0.254 e. The Morgan fingerprint density at radius 1 is 1.21 bits per heavy atom. The minimum Gasteiger partial charge on any atom is -0.338 e. The molecule has 3 aromatic rings. The molecule has 1 amide bonds. The summed E-state index contributed by atoms with van der Waals surface area (Å²) in [6.07, 6.45) is 5.11. The Kier molecular flexibility index (Phi) is 4.57. The van der Waals surface area contributed by atoms with Gasteiger partial charge in [-0.2, -0.15) is 0 Å². The average Bonchev–Trinajstić information content (AvgIpc) is 3.06. The molecule has 1 fully saturated rings. The van der Waals surface area contributed by atoms with Crippen LogP contribution in [-0.4, -0.2) is 38.8 Å². The summed E-state index contributed by atoms with van der Waals surface area (Å²) >= 11 is 0. The molecule has 0 radical (unpaired) electrons. The second-order valence-electron chi connectivity index (χ2n) is 8.10. The van der Waals surface area contributed by atoms with Gasteiger partial charge in [0, 0.05) is 48.9 Å². The zero-order valence-electron chi connectivity index (χ0n) is 16.4. The first-order valence-electron chi connectivity index (χ1n) is 9.57. The molecule has 1 aromatic carbocycles. The van der Waals surface area contributed by atoms with Crippen LogP contribution >= 0.6 is 0 Å². The van der Waals surface area contributed by atoms with E-state index in [0.29, 0.717) is 34.3 Å². The molecule has 0 aliphatic carbocycles. The smallest absolute Gasteiger partial charge is 0.254 e. The normalized spacial score (nSPS) is 15.9. The van der Waals surface area contributed by atoms with E-state index in [4.69, 9.17) is 0 Å². The highest BCUT2D eigenvalue weighted by Gasteiger charge is 2.33. The molecular weight excluding hydrogens is 355 g/mol. The first kappa shape index (κ1) is 18.5. The molecule has 0 bridgehead atoms. The highest BCUT2D eigenvalue weighted by atomic mass is 19.1. The number of benzene rings is 1. The van der Waals surface area contributed by atoms with Crippen molar-refractivity contribution in [3.63, 3.8) is 0 Å². The molecule has 1 aliphatic rings. The number of pyridine rings is 1. The van der Waals surface area contributed by atoms with Gasteiger partial charge < -0.3 is 4.90 Å². The van der Waals surface area contributed by atoms with E-state index in [9.17, 15) is 9.18 Å². The summed E-state index contributed by atoms with van der Waals surface area (Å²) in [6, 6.07) is 6.14. The third-order valence-electron chi connectivity index (χ3n) is 5.28. The van der Waals surface area contributed by atoms with Gasteiger partial charge in [-0.25, -0.2) is 19.3 Å². The number of rotatable bonds is 3. The van der Waals surface area contributed by atoms with E-state index in [1.165, 1.54) is 12.1 Å². The van der Waals surface area contributed by atoms with Crippen molar-refractivity contribution in [3.8, 4) is 11.3 Å². The topological polar surface area (TPSA) is 59.0 Å². The van der Waals surface area contributed by atoms with Crippen LogP contribution in [0.2, 0.25) is 0 Å². The second kappa shape index (κ2) is 6.93. The molecule has 144 valence electrons. The molecule has 3 heterocycles. The number of hydrogen-bond acceptors (Lipinski definition) is 4. The summed E-state index contributed by atoms with van der Waals surface area (Å²) in [7, 11) is 0. The standard InChI is InChI=1S/C22H23FN4O/c1-4-20-24-11-14(12-25-20)18-10-17(16-6-5-15(23)9-19(16)26-18)21(28)27-8-7-22(2,3)13-27/h5-6,9-12H,4,7-8,13H2,1-3H3. The molecule has 2 aromatic heterocycles. The molecular formula is C22H23FN4O. The number of halogens is 1. The fourth-order valence-electron chi connectivity index (χ4n) is 3.65. The highest BCUT2D eigenvalue weighted by molar-refractivity contribution is 6.07. The van der Waals surface area contributed by atoms with Gasteiger partial charge in [0.15, 0.2) is 0 Å². The number of carbonyl (C=O) groups excluding carboxylic acids is 1. The molecule has 0 spiro atoms. The van der Waals surface area contributed by atoms with E-state index in [2.05, 4.69) is 28.8 Å². The minimum atomic E-state index is -0.379. The van der Waals surface area contributed by atoms with Crippen LogP contribution in [0.15, 0.2) is 36.7 Å². The summed E-state index contributed by atoms with van der Waals surface area (Å²) in [6.45, 7) is 7.75. The van der Waals surface area contributed by atoms with Crippen molar-refractivity contribution in [2.24, 2.45) is 5.41 Å². The van der Waals surface area contributed by atoms with Gasteiger partial charge in [-0.05, 0) is 30.0 Å². The van der Waals surface area contributed by atoms with Crippen LogP contribution in [-0.2, 0) is 6.42 Å². The third-order valence-corrected chi connectivity index (χ3v) is 5.28. The minimum absolute atomic E-state index is 0.0445. The molecule has 28 heavy (non-hydrogen) atoms. The Bertz CT molecular complexity index is 1050. The second-order valence-corrected chi connectivity index (χ2v) is 8.10. The monoisotopic (exact) mass is 378 g/mol. The third kappa shape index (κ3) is 3.46. The summed E-state index contributed by atoms with van der Waals surface area (Å²) < 4.78 is 13.8. The number of likely N-dealkylation sites (tertiary alicyclic amines) is 1. The zero-order chi connectivity index (χ0) is 19.9. The van der Waals surface area contributed by atoms with Crippen molar-refractivity contribution in [2.75, 3.05) is 13.1 Å². The summed E-state index contributed by atoms with van der Waals surface area (Å²) in [5, 5.41) is 0.658. The van der Waals surface area contributed by atoms with E-state index in [1.54, 1.807) is 24.5 Å². The Balaban J connectivity index is 1.83. The van der Waals surface area contributed by atoms with E-state index in [0.717, 1.165) is 25.2 Å². The fourth-order valence-corrected chi connectivity index (χ4v) is 3.65. The quantitative estimate of drug-likeness (QED) is 0.683. The zero-order valence-corrected chi connectivity index (χ0v) is 16.4. The van der Waals surface area contributed by atoms with Gasteiger partial charge in [0.05, 0.1) is 16.8 Å². The number of aromatic nitrogens is 3. The predicted octanol–water partition coefficient (Wildman–Crippen LogP) is 4.27. The van der Waals surface area contributed by atoms with Gasteiger partial charge in [-0.3, -0.25) is 4.79 Å². The van der Waals surface area contributed by atoms with Crippen LogP contribution in [0, 0.1) is 11.2 Å².